The van der Waals surface area contributed by atoms with Crippen molar-refractivity contribution in [2.75, 3.05) is 52.9 Å². The van der Waals surface area contributed by atoms with E-state index in [-0.39, 0.29) is 25.0 Å². The Morgan fingerprint density at radius 1 is 0.976 bits per heavy atom. The predicted octanol–water partition coefficient (Wildman–Crippen LogP) is 4.51. The number of aliphatic carboxylic acids is 1. The van der Waals surface area contributed by atoms with Gasteiger partial charge in [0.05, 0.1) is 25.9 Å². The van der Waals surface area contributed by atoms with Gasteiger partial charge in [0.1, 0.15) is 0 Å². The zero-order valence-corrected chi connectivity index (χ0v) is 25.2. The fraction of sp³-hybridized carbons (Fsp3) is 0.567. The van der Waals surface area contributed by atoms with Crippen LogP contribution in [0.1, 0.15) is 62.6 Å². The number of sulfonamides is 1. The Hall–Kier alpha value is -3.02. The second-order valence-electron chi connectivity index (χ2n) is 10.6. The van der Waals surface area contributed by atoms with Crippen molar-refractivity contribution in [2.24, 2.45) is 5.92 Å². The molecular weight excluding hydrogens is 548 g/mol. The molecule has 0 aliphatic carbocycles. The second-order valence-corrected chi connectivity index (χ2v) is 12.6. The van der Waals surface area contributed by atoms with Gasteiger partial charge in [0.25, 0.3) is 0 Å². The van der Waals surface area contributed by atoms with Crippen LogP contribution in [0.3, 0.4) is 0 Å². The summed E-state index contributed by atoms with van der Waals surface area (Å²) in [5.74, 6) is 0.328. The highest BCUT2D eigenvalue weighted by molar-refractivity contribution is 7.89. The summed E-state index contributed by atoms with van der Waals surface area (Å²) in [6, 6.07) is 10.5. The van der Waals surface area contributed by atoms with Crippen molar-refractivity contribution in [3.63, 3.8) is 0 Å². The fourth-order valence-corrected chi connectivity index (χ4v) is 7.57. The molecule has 0 bridgehead atoms. The maximum atomic E-state index is 13.2. The molecule has 41 heavy (non-hydrogen) atoms. The third kappa shape index (κ3) is 6.90. The summed E-state index contributed by atoms with van der Waals surface area (Å²) in [5.41, 5.74) is 1.61. The number of methoxy groups -OCH3 is 2. The molecule has 1 N–H and O–H groups in total. The summed E-state index contributed by atoms with van der Waals surface area (Å²) < 4.78 is 50.0. The number of hydrogen-bond donors (Lipinski definition) is 1. The quantitative estimate of drug-likeness (QED) is 0.299. The Bertz CT molecular complexity index is 1300. The Balaban J connectivity index is 1.69. The molecule has 2 aliphatic heterocycles. The van der Waals surface area contributed by atoms with Crippen molar-refractivity contribution in [3.8, 4) is 23.0 Å². The van der Waals surface area contributed by atoms with Gasteiger partial charge in [0.15, 0.2) is 23.0 Å². The van der Waals surface area contributed by atoms with Crippen LogP contribution < -0.4 is 18.9 Å². The number of carboxylic acid groups (broad SMARTS) is 1. The zero-order chi connectivity index (χ0) is 29.6. The van der Waals surface area contributed by atoms with Gasteiger partial charge in [-0.3, -0.25) is 9.69 Å². The monoisotopic (exact) mass is 590 g/mol. The highest BCUT2D eigenvalue weighted by Gasteiger charge is 2.48. The van der Waals surface area contributed by atoms with Crippen LogP contribution in [0.5, 0.6) is 23.0 Å². The molecule has 2 aromatic rings. The van der Waals surface area contributed by atoms with Crippen LogP contribution in [0.2, 0.25) is 0 Å². The van der Waals surface area contributed by atoms with Gasteiger partial charge in [-0.2, -0.15) is 0 Å². The number of unbranched alkanes of at least 4 members (excludes halogenated alkanes) is 2. The average Bonchev–Trinajstić information content (AvgIpc) is 3.59. The number of likely N-dealkylation sites (tertiary alicyclic amines) is 1. The van der Waals surface area contributed by atoms with Gasteiger partial charge >= 0.3 is 5.97 Å². The second kappa shape index (κ2) is 13.8. The average molecular weight is 591 g/mol. The molecule has 4 rings (SSSR count). The molecule has 0 amide bonds. The van der Waals surface area contributed by atoms with Crippen LogP contribution in [0, 0.1) is 5.92 Å². The van der Waals surface area contributed by atoms with Gasteiger partial charge in [-0.1, -0.05) is 38.8 Å². The highest BCUT2D eigenvalue weighted by Crippen LogP contribution is 2.48. The van der Waals surface area contributed by atoms with Gasteiger partial charge in [0, 0.05) is 38.1 Å². The number of fused-ring (bicyclic) bond motifs is 1. The van der Waals surface area contributed by atoms with E-state index in [1.807, 2.05) is 44.2 Å². The Morgan fingerprint density at radius 3 is 2.39 bits per heavy atom. The first-order valence-corrected chi connectivity index (χ1v) is 15.9. The van der Waals surface area contributed by atoms with Crippen molar-refractivity contribution in [1.82, 2.24) is 9.21 Å². The van der Waals surface area contributed by atoms with Crippen molar-refractivity contribution in [2.45, 2.75) is 51.5 Å². The summed E-state index contributed by atoms with van der Waals surface area (Å²) in [6.07, 6.45) is 3.14. The molecule has 0 radical (unpaired) electrons. The lowest BCUT2D eigenvalue weighted by Crippen LogP contribution is -2.40. The zero-order valence-electron chi connectivity index (χ0n) is 24.4. The number of carbonyl (C=O) groups is 1. The van der Waals surface area contributed by atoms with Crippen LogP contribution in [-0.2, 0) is 14.8 Å². The molecule has 0 aromatic heterocycles. The predicted molar refractivity (Wildman–Crippen MR) is 155 cm³/mol. The molecule has 3 atom stereocenters. The third-order valence-corrected chi connectivity index (χ3v) is 9.92. The van der Waals surface area contributed by atoms with Gasteiger partial charge in [-0.25, -0.2) is 12.7 Å². The van der Waals surface area contributed by atoms with Gasteiger partial charge < -0.3 is 24.1 Å². The highest BCUT2D eigenvalue weighted by atomic mass is 32.2. The lowest BCUT2D eigenvalue weighted by atomic mass is 9.82. The van der Waals surface area contributed by atoms with E-state index >= 15 is 0 Å². The minimum absolute atomic E-state index is 0.123. The molecule has 11 heteroatoms. The van der Waals surface area contributed by atoms with Gasteiger partial charge in [0.2, 0.25) is 16.8 Å². The number of benzene rings is 2. The van der Waals surface area contributed by atoms with Crippen LogP contribution in [0.15, 0.2) is 36.4 Å². The van der Waals surface area contributed by atoms with Crippen molar-refractivity contribution in [1.29, 1.82) is 0 Å². The first-order valence-electron chi connectivity index (χ1n) is 14.3. The smallest absolute Gasteiger partial charge is 0.309 e. The lowest BCUT2D eigenvalue weighted by molar-refractivity contribution is -0.143. The molecule has 2 heterocycles. The van der Waals surface area contributed by atoms with Crippen molar-refractivity contribution in [3.05, 3.63) is 47.5 Å². The SMILES string of the molecule is CCCCCS(=O)(=O)N(CCC)CCN1C[C@H](c2ccc3c(c2)OCO3)[C@@H](C(=O)O)[C@@H]1c1ccc(OC)c(OC)c1. The Morgan fingerprint density at radius 2 is 1.71 bits per heavy atom. The van der Waals surface area contributed by atoms with E-state index in [1.165, 1.54) is 0 Å². The van der Waals surface area contributed by atoms with E-state index in [4.69, 9.17) is 18.9 Å². The molecule has 10 nitrogen and oxygen atoms in total. The van der Waals surface area contributed by atoms with E-state index in [0.717, 1.165) is 24.0 Å². The molecule has 0 spiro atoms. The van der Waals surface area contributed by atoms with E-state index in [1.54, 1.807) is 24.6 Å². The first-order chi connectivity index (χ1) is 19.7. The number of carboxylic acids is 1. The van der Waals surface area contributed by atoms with E-state index in [2.05, 4.69) is 4.90 Å². The largest absolute Gasteiger partial charge is 0.493 e. The fourth-order valence-electron chi connectivity index (χ4n) is 5.92. The van der Waals surface area contributed by atoms with Crippen LogP contribution in [0.25, 0.3) is 0 Å². The molecule has 1 saturated heterocycles. The number of nitrogens with zero attached hydrogens (tertiary/aromatic N) is 2. The lowest BCUT2D eigenvalue weighted by Gasteiger charge is -2.30. The topological polar surface area (TPSA) is 115 Å². The molecule has 226 valence electrons. The van der Waals surface area contributed by atoms with Crippen molar-refractivity contribution >= 4 is 16.0 Å². The van der Waals surface area contributed by atoms with E-state index in [0.29, 0.717) is 55.5 Å². The molecule has 0 saturated carbocycles. The third-order valence-electron chi connectivity index (χ3n) is 7.97. The number of hydrogen-bond acceptors (Lipinski definition) is 8. The summed E-state index contributed by atoms with van der Waals surface area (Å²) >= 11 is 0. The maximum absolute atomic E-state index is 13.2. The Kier molecular flexibility index (Phi) is 10.4. The molecule has 1 fully saturated rings. The van der Waals surface area contributed by atoms with Crippen molar-refractivity contribution < 1.29 is 37.3 Å². The molecule has 2 aliphatic rings. The van der Waals surface area contributed by atoms with E-state index < -0.39 is 28.0 Å². The van der Waals surface area contributed by atoms with Crippen LogP contribution >= 0.6 is 0 Å². The van der Waals surface area contributed by atoms with Gasteiger partial charge in [-0.05, 0) is 48.2 Å². The molecular formula is C30H42N2O8S. The summed E-state index contributed by atoms with van der Waals surface area (Å²) in [6.45, 7) is 5.68. The number of rotatable bonds is 15. The standard InChI is InChI=1S/C30H42N2O8S/c1-5-7-8-16-41(35,36)32(13-6-2)15-14-31-19-23(21-9-12-25-27(17-21)40-20-39-25)28(30(33)34)29(31)22-10-11-24(37-3)26(18-22)38-4/h9-12,17-18,23,28-29H,5-8,13-16,19-20H2,1-4H3,(H,33,34)/t23-,28-,29+/m1/s1. The summed E-state index contributed by atoms with van der Waals surface area (Å²) in [7, 11) is -0.329. The Labute approximate surface area is 243 Å². The summed E-state index contributed by atoms with van der Waals surface area (Å²) in [4.78, 5) is 15.0. The number of ether oxygens (including phenoxy) is 4. The van der Waals surface area contributed by atoms with Crippen LogP contribution in [0.4, 0.5) is 0 Å². The minimum Gasteiger partial charge on any atom is -0.493 e. The summed E-state index contributed by atoms with van der Waals surface area (Å²) in [5, 5.41) is 10.6. The maximum Gasteiger partial charge on any atom is 0.309 e. The van der Waals surface area contributed by atoms with Gasteiger partial charge in [-0.15, -0.1) is 0 Å². The first kappa shape index (κ1) is 30.9. The molecule has 2 aromatic carbocycles. The molecule has 0 unspecified atom stereocenters. The minimum atomic E-state index is -3.43. The normalized spacial score (nSPS) is 20.5. The van der Waals surface area contributed by atoms with E-state index in [9.17, 15) is 18.3 Å². The van der Waals surface area contributed by atoms with Crippen LogP contribution in [-0.4, -0.2) is 81.6 Å².